The second-order valence-electron chi connectivity index (χ2n) is 4.20. The van der Waals surface area contributed by atoms with Crippen molar-refractivity contribution in [3.63, 3.8) is 0 Å². The van der Waals surface area contributed by atoms with E-state index < -0.39 is 0 Å². The molecule has 15 heavy (non-hydrogen) atoms. The lowest BCUT2D eigenvalue weighted by Gasteiger charge is -2.01. The van der Waals surface area contributed by atoms with Crippen molar-refractivity contribution in [1.29, 1.82) is 0 Å². The maximum absolute atomic E-state index is 4.16. The van der Waals surface area contributed by atoms with Gasteiger partial charge in [0.2, 0.25) is 0 Å². The van der Waals surface area contributed by atoms with Gasteiger partial charge in [-0.05, 0) is 6.42 Å². The van der Waals surface area contributed by atoms with Crippen molar-refractivity contribution in [2.45, 2.75) is 64.7 Å². The predicted molar refractivity (Wildman–Crippen MR) is 65.9 cm³/mol. The van der Waals surface area contributed by atoms with Gasteiger partial charge in [0.25, 0.3) is 0 Å². The molecule has 0 saturated heterocycles. The molecule has 85 valence electrons. The van der Waals surface area contributed by atoms with Gasteiger partial charge in [0, 0.05) is 18.8 Å². The minimum atomic E-state index is 1.01. The normalized spacial score (nSPS) is 14.1. The van der Waals surface area contributed by atoms with Gasteiger partial charge in [0.15, 0.2) is 0 Å². The third-order valence-electron chi connectivity index (χ3n) is 2.77. The molecule has 1 heterocycles. The summed E-state index contributed by atoms with van der Waals surface area (Å²) in [5.74, 6) is 1.01. The standard InChI is InChI=1S/C13H23N2/c1-2-3-4-5-6-7-8-9-10-13-14-11-12-15-13/h11-12H,2-10H2,1H3. The molecule has 0 atom stereocenters. The molecule has 0 spiro atoms. The topological polar surface area (TPSA) is 26.5 Å². The molecule has 0 amide bonds. The first-order chi connectivity index (χ1) is 7.43. The summed E-state index contributed by atoms with van der Waals surface area (Å²) in [4.78, 5) is 4.16. The minimum Gasteiger partial charge on any atom is -0.240 e. The van der Waals surface area contributed by atoms with E-state index in [9.17, 15) is 0 Å². The molecule has 2 heteroatoms. The average Bonchev–Trinajstić information content (AvgIpc) is 2.75. The van der Waals surface area contributed by atoms with Crippen LogP contribution >= 0.6 is 0 Å². The molecule has 0 aromatic carbocycles. The van der Waals surface area contributed by atoms with Crippen molar-refractivity contribution in [3.8, 4) is 0 Å². The highest BCUT2D eigenvalue weighted by molar-refractivity contribution is 5.84. The van der Waals surface area contributed by atoms with Crippen molar-refractivity contribution in [2.75, 3.05) is 0 Å². The quantitative estimate of drug-likeness (QED) is 0.511. The second kappa shape index (κ2) is 8.51. The Kier molecular flexibility index (Phi) is 6.97. The van der Waals surface area contributed by atoms with Crippen LogP contribution in [0.3, 0.4) is 0 Å². The zero-order chi connectivity index (χ0) is 10.8. The number of amidine groups is 1. The van der Waals surface area contributed by atoms with Crippen LogP contribution in [0.4, 0.5) is 0 Å². The average molecular weight is 207 g/mol. The van der Waals surface area contributed by atoms with Crippen LogP contribution in [0.5, 0.6) is 0 Å². The first-order valence-corrected chi connectivity index (χ1v) is 6.36. The van der Waals surface area contributed by atoms with E-state index in [1.807, 2.05) is 0 Å². The molecule has 0 aromatic rings. The van der Waals surface area contributed by atoms with Gasteiger partial charge in [-0.25, -0.2) is 10.3 Å². The first-order valence-electron chi connectivity index (χ1n) is 6.36. The number of nitrogens with zero attached hydrogens (tertiary/aromatic N) is 2. The summed E-state index contributed by atoms with van der Waals surface area (Å²) in [6.45, 7) is 2.26. The van der Waals surface area contributed by atoms with Gasteiger partial charge in [-0.3, -0.25) is 0 Å². The van der Waals surface area contributed by atoms with E-state index >= 15 is 0 Å². The highest BCUT2D eigenvalue weighted by atomic mass is 15.0. The fourth-order valence-corrected chi connectivity index (χ4v) is 1.82. The van der Waals surface area contributed by atoms with E-state index in [-0.39, 0.29) is 0 Å². The van der Waals surface area contributed by atoms with Crippen LogP contribution in [0.2, 0.25) is 0 Å². The Morgan fingerprint density at radius 1 is 0.867 bits per heavy atom. The van der Waals surface area contributed by atoms with E-state index in [4.69, 9.17) is 0 Å². The highest BCUT2D eigenvalue weighted by Crippen LogP contribution is 2.10. The van der Waals surface area contributed by atoms with Crippen molar-refractivity contribution in [1.82, 2.24) is 5.32 Å². The van der Waals surface area contributed by atoms with Gasteiger partial charge < -0.3 is 0 Å². The van der Waals surface area contributed by atoms with Gasteiger partial charge in [-0.1, -0.05) is 51.9 Å². The van der Waals surface area contributed by atoms with Crippen LogP contribution in [0.1, 0.15) is 64.7 Å². The molecular formula is C13H23N2. The molecule has 1 aliphatic heterocycles. The second-order valence-corrected chi connectivity index (χ2v) is 4.20. The van der Waals surface area contributed by atoms with Gasteiger partial charge in [-0.15, -0.1) is 0 Å². The zero-order valence-electron chi connectivity index (χ0n) is 9.91. The van der Waals surface area contributed by atoms with Gasteiger partial charge >= 0.3 is 0 Å². The Hall–Kier alpha value is -0.790. The monoisotopic (exact) mass is 207 g/mol. The molecule has 0 bridgehead atoms. The maximum atomic E-state index is 4.16. The summed E-state index contributed by atoms with van der Waals surface area (Å²) < 4.78 is 0. The molecule has 0 unspecified atom stereocenters. The summed E-state index contributed by atoms with van der Waals surface area (Å²) >= 11 is 0. The minimum absolute atomic E-state index is 1.01. The summed E-state index contributed by atoms with van der Waals surface area (Å²) in [6.07, 6.45) is 15.6. The molecule has 0 saturated carbocycles. The Bertz CT molecular complexity index is 207. The van der Waals surface area contributed by atoms with Crippen molar-refractivity contribution < 1.29 is 0 Å². The predicted octanol–water partition coefficient (Wildman–Crippen LogP) is 4.00. The molecule has 0 N–H and O–H groups in total. The summed E-state index contributed by atoms with van der Waals surface area (Å²) in [5, 5.41) is 4.16. The van der Waals surface area contributed by atoms with Crippen LogP contribution in [0.25, 0.3) is 0 Å². The Labute approximate surface area is 93.9 Å². The number of rotatable bonds is 9. The Morgan fingerprint density at radius 2 is 1.53 bits per heavy atom. The van der Waals surface area contributed by atoms with Crippen LogP contribution in [0, 0.1) is 0 Å². The number of hydrogen-bond donors (Lipinski definition) is 0. The van der Waals surface area contributed by atoms with Crippen molar-refractivity contribution >= 4 is 5.84 Å². The number of aliphatic imine (C=N–C) groups is 1. The first kappa shape index (κ1) is 12.3. The lowest BCUT2D eigenvalue weighted by Crippen LogP contribution is -2.05. The van der Waals surface area contributed by atoms with E-state index in [2.05, 4.69) is 17.2 Å². The zero-order valence-corrected chi connectivity index (χ0v) is 9.91. The smallest absolute Gasteiger partial charge is 0.128 e. The molecule has 1 rings (SSSR count). The van der Waals surface area contributed by atoms with Crippen LogP contribution < -0.4 is 5.32 Å². The molecule has 0 aliphatic carbocycles. The summed E-state index contributed by atoms with van der Waals surface area (Å²) in [5.41, 5.74) is 0. The molecule has 1 aliphatic rings. The molecular weight excluding hydrogens is 184 g/mol. The molecule has 0 fully saturated rings. The lowest BCUT2D eigenvalue weighted by molar-refractivity contribution is 0.579. The third kappa shape index (κ3) is 6.32. The van der Waals surface area contributed by atoms with Gasteiger partial charge in [-0.2, -0.15) is 0 Å². The molecule has 2 nitrogen and oxygen atoms in total. The van der Waals surface area contributed by atoms with Crippen LogP contribution in [-0.2, 0) is 0 Å². The highest BCUT2D eigenvalue weighted by Gasteiger charge is 2.01. The van der Waals surface area contributed by atoms with Crippen molar-refractivity contribution in [2.24, 2.45) is 4.99 Å². The van der Waals surface area contributed by atoms with Gasteiger partial charge in [0.1, 0.15) is 5.84 Å². The van der Waals surface area contributed by atoms with E-state index in [1.165, 1.54) is 51.4 Å². The molecule has 1 radical (unpaired) electrons. The van der Waals surface area contributed by atoms with Crippen molar-refractivity contribution in [3.05, 3.63) is 12.4 Å². The summed E-state index contributed by atoms with van der Waals surface area (Å²) in [7, 11) is 0. The maximum Gasteiger partial charge on any atom is 0.128 e. The molecule has 0 aromatic heterocycles. The SMILES string of the molecule is CCCCCCCCCCC1=NC=C[N]1. The Morgan fingerprint density at radius 3 is 2.13 bits per heavy atom. The Balaban J connectivity index is 1.77. The number of hydrogen-bond acceptors (Lipinski definition) is 1. The fraction of sp³-hybridized carbons (Fsp3) is 0.769. The van der Waals surface area contributed by atoms with Gasteiger partial charge in [0.05, 0.1) is 0 Å². The fourth-order valence-electron chi connectivity index (χ4n) is 1.82. The summed E-state index contributed by atoms with van der Waals surface area (Å²) in [6, 6.07) is 0. The lowest BCUT2D eigenvalue weighted by atomic mass is 10.1. The van der Waals surface area contributed by atoms with E-state index in [1.54, 1.807) is 12.4 Å². The number of unbranched alkanes of at least 4 members (excludes halogenated alkanes) is 7. The van der Waals surface area contributed by atoms with E-state index in [0.29, 0.717) is 0 Å². The van der Waals surface area contributed by atoms with Crippen LogP contribution in [0.15, 0.2) is 17.4 Å². The third-order valence-corrected chi connectivity index (χ3v) is 2.77. The largest absolute Gasteiger partial charge is 0.240 e. The van der Waals surface area contributed by atoms with Crippen LogP contribution in [-0.4, -0.2) is 5.84 Å². The van der Waals surface area contributed by atoms with E-state index in [0.717, 1.165) is 12.3 Å².